The largest absolute Gasteiger partial charge is 0.433 e. The number of carbonyl (C=O) groups excluding carboxylic acids is 2. The molecule has 10 heteroatoms. The number of carbonyl (C=O) groups is 2. The molecule has 0 bridgehead atoms. The van der Waals surface area contributed by atoms with Gasteiger partial charge in [0.25, 0.3) is 5.91 Å². The Hall–Kier alpha value is -2.39. The molecule has 2 heterocycles. The Morgan fingerprint density at radius 2 is 2.05 bits per heavy atom. The molecule has 2 amide bonds. The van der Waals surface area contributed by atoms with E-state index >= 15 is 0 Å². The molecule has 1 saturated heterocycles. The van der Waals surface area contributed by atoms with Gasteiger partial charge in [-0.3, -0.25) is 14.5 Å². The highest BCUT2D eigenvalue weighted by atomic mass is 19.4. The molecule has 0 aromatic carbocycles. The number of nitrogen functional groups attached to an aromatic ring is 1. The molecule has 7 nitrogen and oxygen atoms in total. The van der Waals surface area contributed by atoms with E-state index in [4.69, 9.17) is 5.73 Å². The van der Waals surface area contributed by atoms with Crippen LogP contribution in [0.2, 0.25) is 0 Å². The number of alkyl halides is 3. The van der Waals surface area contributed by atoms with Crippen LogP contribution in [0.4, 0.5) is 24.9 Å². The minimum Gasteiger partial charge on any atom is -0.368 e. The first-order valence-electron chi connectivity index (χ1n) is 5.97. The van der Waals surface area contributed by atoms with Crippen LogP contribution in [0.3, 0.4) is 0 Å². The fraction of sp³-hybridized carbons (Fsp3) is 0.455. The predicted molar refractivity (Wildman–Crippen MR) is 65.9 cm³/mol. The maximum absolute atomic E-state index is 12.6. The summed E-state index contributed by atoms with van der Waals surface area (Å²) in [4.78, 5) is 30.8. The second-order valence-electron chi connectivity index (χ2n) is 4.52. The summed E-state index contributed by atoms with van der Waals surface area (Å²) in [5.41, 5.74) is 4.03. The molecule has 1 atom stereocenters. The van der Waals surface area contributed by atoms with E-state index in [0.29, 0.717) is 6.07 Å². The van der Waals surface area contributed by atoms with Crippen molar-refractivity contribution >= 4 is 23.6 Å². The number of likely N-dealkylation sites (N-methyl/N-ethyl adjacent to an activating group) is 1. The number of nitrogens with zero attached hydrogens (tertiary/aromatic N) is 3. The van der Waals surface area contributed by atoms with E-state index in [-0.39, 0.29) is 24.6 Å². The lowest BCUT2D eigenvalue weighted by atomic mass is 10.0. The zero-order chi connectivity index (χ0) is 15.8. The van der Waals surface area contributed by atoms with Gasteiger partial charge in [-0.05, 0) is 6.42 Å². The van der Waals surface area contributed by atoms with Gasteiger partial charge in [-0.1, -0.05) is 0 Å². The normalized spacial score (nSPS) is 19.8. The SMILES string of the molecule is CN1C(=O)CCC(Nc2cc(C(F)(F)F)nc(N)n2)C1=O. The van der Waals surface area contributed by atoms with Crippen LogP contribution in [-0.2, 0) is 15.8 Å². The van der Waals surface area contributed by atoms with Gasteiger partial charge in [0.2, 0.25) is 11.9 Å². The number of rotatable bonds is 2. The van der Waals surface area contributed by atoms with Gasteiger partial charge in [0.15, 0.2) is 5.69 Å². The summed E-state index contributed by atoms with van der Waals surface area (Å²) in [5, 5.41) is 2.56. The zero-order valence-corrected chi connectivity index (χ0v) is 10.9. The smallest absolute Gasteiger partial charge is 0.368 e. The van der Waals surface area contributed by atoms with Gasteiger partial charge in [0, 0.05) is 19.5 Å². The zero-order valence-electron chi connectivity index (χ0n) is 10.9. The van der Waals surface area contributed by atoms with Crippen molar-refractivity contribution in [2.75, 3.05) is 18.1 Å². The van der Waals surface area contributed by atoms with Crippen LogP contribution in [0.5, 0.6) is 0 Å². The highest BCUT2D eigenvalue weighted by Crippen LogP contribution is 2.29. The first kappa shape index (κ1) is 15.0. The Morgan fingerprint density at radius 1 is 1.38 bits per heavy atom. The molecule has 1 aliphatic rings. The topological polar surface area (TPSA) is 101 Å². The minimum absolute atomic E-state index is 0.118. The summed E-state index contributed by atoms with van der Waals surface area (Å²) in [6.45, 7) is 0. The van der Waals surface area contributed by atoms with E-state index in [2.05, 4.69) is 15.3 Å². The van der Waals surface area contributed by atoms with Gasteiger partial charge in [0.05, 0.1) is 0 Å². The number of imide groups is 1. The minimum atomic E-state index is -4.67. The Labute approximate surface area is 117 Å². The molecule has 1 fully saturated rings. The number of aromatic nitrogens is 2. The summed E-state index contributed by atoms with van der Waals surface area (Å²) in [6.07, 6.45) is -4.38. The fourth-order valence-electron chi connectivity index (χ4n) is 1.91. The molecular weight excluding hydrogens is 291 g/mol. The van der Waals surface area contributed by atoms with E-state index < -0.39 is 29.8 Å². The fourth-order valence-corrected chi connectivity index (χ4v) is 1.91. The lowest BCUT2D eigenvalue weighted by molar-refractivity contribution is -0.146. The van der Waals surface area contributed by atoms with Gasteiger partial charge >= 0.3 is 6.18 Å². The number of hydrogen-bond donors (Lipinski definition) is 2. The molecule has 1 aromatic rings. The molecule has 2 rings (SSSR count). The first-order chi connectivity index (χ1) is 9.68. The summed E-state index contributed by atoms with van der Waals surface area (Å²) >= 11 is 0. The van der Waals surface area contributed by atoms with Crippen molar-refractivity contribution in [2.24, 2.45) is 0 Å². The molecule has 0 spiro atoms. The molecular formula is C11H12F3N5O2. The quantitative estimate of drug-likeness (QED) is 0.777. The summed E-state index contributed by atoms with van der Waals surface area (Å²) in [6, 6.07) is -0.164. The van der Waals surface area contributed by atoms with E-state index in [0.717, 1.165) is 4.90 Å². The third-order valence-corrected chi connectivity index (χ3v) is 3.01. The van der Waals surface area contributed by atoms with E-state index in [9.17, 15) is 22.8 Å². The van der Waals surface area contributed by atoms with Crippen molar-refractivity contribution < 1.29 is 22.8 Å². The lowest BCUT2D eigenvalue weighted by Gasteiger charge is -2.28. The maximum Gasteiger partial charge on any atom is 0.433 e. The maximum atomic E-state index is 12.6. The monoisotopic (exact) mass is 303 g/mol. The third-order valence-electron chi connectivity index (χ3n) is 3.01. The third kappa shape index (κ3) is 3.20. The van der Waals surface area contributed by atoms with Crippen molar-refractivity contribution in [2.45, 2.75) is 25.1 Å². The second kappa shape index (κ2) is 5.19. The van der Waals surface area contributed by atoms with Crippen LogP contribution >= 0.6 is 0 Å². The van der Waals surface area contributed by atoms with Crippen LogP contribution in [0.15, 0.2) is 6.07 Å². The lowest BCUT2D eigenvalue weighted by Crippen LogP contribution is -2.48. The molecule has 0 aliphatic carbocycles. The number of nitrogens with one attached hydrogen (secondary N) is 1. The molecule has 114 valence electrons. The van der Waals surface area contributed by atoms with Crippen LogP contribution in [0.1, 0.15) is 18.5 Å². The van der Waals surface area contributed by atoms with Gasteiger partial charge in [-0.25, -0.2) is 4.98 Å². The number of nitrogens with two attached hydrogens (primary N) is 1. The number of hydrogen-bond acceptors (Lipinski definition) is 6. The average molecular weight is 303 g/mol. The van der Waals surface area contributed by atoms with Crippen molar-refractivity contribution in [1.82, 2.24) is 14.9 Å². The van der Waals surface area contributed by atoms with Crippen molar-refractivity contribution in [3.8, 4) is 0 Å². The molecule has 1 aliphatic heterocycles. The Balaban J connectivity index is 2.22. The number of likely N-dealkylation sites (tertiary alicyclic amines) is 1. The molecule has 1 unspecified atom stereocenters. The number of amides is 2. The summed E-state index contributed by atoms with van der Waals surface area (Å²) < 4.78 is 37.9. The summed E-state index contributed by atoms with van der Waals surface area (Å²) in [5.74, 6) is -1.64. The van der Waals surface area contributed by atoms with Crippen LogP contribution in [0, 0.1) is 0 Å². The first-order valence-corrected chi connectivity index (χ1v) is 5.97. The van der Waals surface area contributed by atoms with Gasteiger partial charge in [0.1, 0.15) is 11.9 Å². The highest BCUT2D eigenvalue weighted by Gasteiger charge is 2.35. The molecule has 3 N–H and O–H groups in total. The van der Waals surface area contributed by atoms with E-state index in [1.54, 1.807) is 0 Å². The average Bonchev–Trinajstić information content (AvgIpc) is 2.38. The van der Waals surface area contributed by atoms with Crippen LogP contribution in [-0.4, -0.2) is 39.8 Å². The Bertz CT molecular complexity index is 590. The van der Waals surface area contributed by atoms with Gasteiger partial charge < -0.3 is 11.1 Å². The van der Waals surface area contributed by atoms with E-state index in [1.165, 1.54) is 7.05 Å². The van der Waals surface area contributed by atoms with Crippen LogP contribution < -0.4 is 11.1 Å². The van der Waals surface area contributed by atoms with E-state index in [1.807, 2.05) is 0 Å². The molecule has 1 aromatic heterocycles. The van der Waals surface area contributed by atoms with Gasteiger partial charge in [-0.2, -0.15) is 18.2 Å². The standard InChI is InChI=1S/C11H12F3N5O2/c1-19-8(20)3-2-5(9(19)21)16-7-4-6(11(12,13)14)17-10(15)18-7/h4-5H,2-3H2,1H3,(H3,15,16,17,18). The van der Waals surface area contributed by atoms with Crippen molar-refractivity contribution in [3.05, 3.63) is 11.8 Å². The van der Waals surface area contributed by atoms with Crippen molar-refractivity contribution in [1.29, 1.82) is 0 Å². The Kier molecular flexibility index (Phi) is 3.71. The summed E-state index contributed by atoms with van der Waals surface area (Å²) in [7, 11) is 1.31. The van der Waals surface area contributed by atoms with Crippen LogP contribution in [0.25, 0.3) is 0 Å². The molecule has 0 saturated carbocycles. The second-order valence-corrected chi connectivity index (χ2v) is 4.52. The number of piperidine rings is 1. The van der Waals surface area contributed by atoms with Crippen molar-refractivity contribution in [3.63, 3.8) is 0 Å². The van der Waals surface area contributed by atoms with Gasteiger partial charge in [-0.15, -0.1) is 0 Å². The predicted octanol–water partition coefficient (Wildman–Crippen LogP) is 0.637. The molecule has 21 heavy (non-hydrogen) atoms. The molecule has 0 radical (unpaired) electrons. The number of halogens is 3. The highest BCUT2D eigenvalue weighted by molar-refractivity contribution is 6.01. The number of anilines is 2. The Morgan fingerprint density at radius 3 is 2.67 bits per heavy atom.